The second-order valence-corrected chi connectivity index (χ2v) is 5.94. The summed E-state index contributed by atoms with van der Waals surface area (Å²) in [6, 6.07) is 17.1. The number of benzene rings is 2. The Balaban J connectivity index is 2.27. The summed E-state index contributed by atoms with van der Waals surface area (Å²) in [6.45, 7) is 5.93. The maximum Gasteiger partial charge on any atom is 0.0430 e. The Morgan fingerprint density at radius 2 is 1.80 bits per heavy atom. The lowest BCUT2D eigenvalue weighted by Crippen LogP contribution is -1.78. The van der Waals surface area contributed by atoms with Gasteiger partial charge in [-0.3, -0.25) is 0 Å². The van der Waals surface area contributed by atoms with Crippen LogP contribution in [-0.4, -0.2) is 0 Å². The van der Waals surface area contributed by atoms with E-state index in [1.807, 2.05) is 23.5 Å². The molecule has 0 spiro atoms. The molecule has 1 heterocycles. The van der Waals surface area contributed by atoms with Gasteiger partial charge in [-0.1, -0.05) is 73.3 Å². The number of hydrogen-bond acceptors (Lipinski definition) is 1. The molecule has 0 aliphatic rings. The average molecular weight is 276 g/mol. The zero-order valence-electron chi connectivity index (χ0n) is 11.5. The fourth-order valence-electron chi connectivity index (χ4n) is 2.47. The molecule has 1 aromatic heterocycles. The van der Waals surface area contributed by atoms with Gasteiger partial charge in [0.15, 0.2) is 0 Å². The van der Waals surface area contributed by atoms with E-state index in [4.69, 9.17) is 0 Å². The Bertz CT molecular complexity index is 776. The van der Waals surface area contributed by atoms with Crippen molar-refractivity contribution in [1.82, 2.24) is 0 Å². The molecule has 0 bridgehead atoms. The first-order valence-electron chi connectivity index (χ1n) is 6.68. The van der Waals surface area contributed by atoms with Crippen LogP contribution in [0.1, 0.15) is 10.4 Å². The van der Waals surface area contributed by atoms with E-state index in [2.05, 4.69) is 68.1 Å². The summed E-state index contributed by atoms with van der Waals surface area (Å²) in [5.41, 5.74) is 3.90. The molecule has 1 heteroatoms. The Labute approximate surface area is 123 Å². The van der Waals surface area contributed by atoms with Crippen LogP contribution < -0.4 is 0 Å². The monoisotopic (exact) mass is 276 g/mol. The smallest absolute Gasteiger partial charge is 0.0430 e. The summed E-state index contributed by atoms with van der Waals surface area (Å²) >= 11 is 1.87. The van der Waals surface area contributed by atoms with Crippen molar-refractivity contribution in [3.63, 3.8) is 0 Å². The molecule has 0 N–H and O–H groups in total. The van der Waals surface area contributed by atoms with Crippen LogP contribution in [0.2, 0.25) is 0 Å². The van der Waals surface area contributed by atoms with Gasteiger partial charge in [-0.25, -0.2) is 0 Å². The molecule has 3 aromatic rings. The molecule has 98 valence electrons. The molecule has 0 aliphatic heterocycles. The highest BCUT2D eigenvalue weighted by atomic mass is 32.1. The third-order valence-electron chi connectivity index (χ3n) is 3.42. The van der Waals surface area contributed by atoms with Gasteiger partial charge in [-0.2, -0.15) is 0 Å². The van der Waals surface area contributed by atoms with Crippen LogP contribution in [0.25, 0.3) is 27.3 Å². The minimum absolute atomic E-state index is 1.28. The van der Waals surface area contributed by atoms with E-state index in [0.717, 1.165) is 0 Å². The molecule has 3 rings (SSSR count). The largest absolute Gasteiger partial charge is 0.139 e. The fraction of sp³-hybridized carbons (Fsp3) is 0.0526. The third kappa shape index (κ3) is 2.21. The lowest BCUT2D eigenvalue weighted by Gasteiger charge is -2.03. The first kappa shape index (κ1) is 12.9. The van der Waals surface area contributed by atoms with E-state index >= 15 is 0 Å². The van der Waals surface area contributed by atoms with Crippen molar-refractivity contribution in [1.29, 1.82) is 0 Å². The lowest BCUT2D eigenvalue weighted by molar-refractivity contribution is 1.61. The molecule has 0 aliphatic carbocycles. The predicted octanol–water partition coefficient (Wildman–Crippen LogP) is 6.08. The number of rotatable bonds is 3. The van der Waals surface area contributed by atoms with Crippen molar-refractivity contribution in [3.8, 4) is 11.1 Å². The van der Waals surface area contributed by atoms with Crippen molar-refractivity contribution in [2.24, 2.45) is 0 Å². The minimum Gasteiger partial charge on any atom is -0.139 e. The van der Waals surface area contributed by atoms with E-state index in [1.165, 1.54) is 31.7 Å². The number of aryl methyl sites for hydroxylation is 1. The molecule has 2 aromatic carbocycles. The first-order valence-corrected chi connectivity index (χ1v) is 7.49. The van der Waals surface area contributed by atoms with Crippen LogP contribution in [-0.2, 0) is 0 Å². The Morgan fingerprint density at radius 1 is 1.00 bits per heavy atom. The van der Waals surface area contributed by atoms with Gasteiger partial charge in [0.25, 0.3) is 0 Å². The molecule has 0 amide bonds. The number of fused-ring (bicyclic) bond motifs is 1. The maximum absolute atomic E-state index is 3.75. The van der Waals surface area contributed by atoms with Gasteiger partial charge in [0.2, 0.25) is 0 Å². The van der Waals surface area contributed by atoms with Gasteiger partial charge in [0.1, 0.15) is 0 Å². The van der Waals surface area contributed by atoms with Crippen LogP contribution in [0.3, 0.4) is 0 Å². The standard InChI is InChI=1S/C19H16S/c1-3-4-11-16-14(2)20-19-17(12-8-13-18(16)19)15-9-6-5-7-10-15/h3-13H,1H2,2H3/b11-4-. The minimum atomic E-state index is 1.28. The molecule has 0 saturated carbocycles. The van der Waals surface area contributed by atoms with Crippen molar-refractivity contribution < 1.29 is 0 Å². The van der Waals surface area contributed by atoms with Gasteiger partial charge < -0.3 is 0 Å². The molecule has 20 heavy (non-hydrogen) atoms. The highest BCUT2D eigenvalue weighted by Crippen LogP contribution is 2.38. The Morgan fingerprint density at radius 3 is 2.55 bits per heavy atom. The van der Waals surface area contributed by atoms with E-state index in [9.17, 15) is 0 Å². The topological polar surface area (TPSA) is 0 Å². The summed E-state index contributed by atoms with van der Waals surface area (Å²) in [4.78, 5) is 1.35. The quantitative estimate of drug-likeness (QED) is 0.509. The molecule has 0 nitrogen and oxygen atoms in total. The van der Waals surface area contributed by atoms with Gasteiger partial charge >= 0.3 is 0 Å². The Kier molecular flexibility index (Phi) is 3.53. The summed E-state index contributed by atoms with van der Waals surface area (Å²) in [5, 5.41) is 1.33. The lowest BCUT2D eigenvalue weighted by atomic mass is 10.0. The van der Waals surface area contributed by atoms with Crippen molar-refractivity contribution in [2.75, 3.05) is 0 Å². The second kappa shape index (κ2) is 5.48. The summed E-state index contributed by atoms with van der Waals surface area (Å²) in [5.74, 6) is 0. The number of thiophene rings is 1. The molecule has 0 saturated heterocycles. The molecular formula is C19H16S. The molecule has 0 atom stereocenters. The SMILES string of the molecule is C=C/C=C\c1c(C)sc2c(-c3ccccc3)cccc12. The van der Waals surface area contributed by atoms with Gasteiger partial charge in [-0.05, 0) is 23.6 Å². The van der Waals surface area contributed by atoms with Crippen LogP contribution in [0.4, 0.5) is 0 Å². The second-order valence-electron chi connectivity index (χ2n) is 4.72. The Hall–Kier alpha value is -2.12. The zero-order chi connectivity index (χ0) is 13.9. The molecule has 0 fully saturated rings. The van der Waals surface area contributed by atoms with Crippen molar-refractivity contribution in [2.45, 2.75) is 6.92 Å². The first-order chi connectivity index (χ1) is 9.81. The average Bonchev–Trinajstić information content (AvgIpc) is 2.81. The van der Waals surface area contributed by atoms with Crippen molar-refractivity contribution in [3.05, 3.63) is 77.7 Å². The highest BCUT2D eigenvalue weighted by Gasteiger charge is 2.10. The van der Waals surface area contributed by atoms with Crippen LogP contribution >= 0.6 is 11.3 Å². The molecule has 0 radical (unpaired) electrons. The summed E-state index contributed by atoms with van der Waals surface area (Å²) in [7, 11) is 0. The zero-order valence-corrected chi connectivity index (χ0v) is 12.3. The van der Waals surface area contributed by atoms with E-state index < -0.39 is 0 Å². The summed E-state index contributed by atoms with van der Waals surface area (Å²) < 4.78 is 1.36. The normalized spacial score (nSPS) is 11.2. The van der Waals surface area contributed by atoms with Crippen LogP contribution in [0.5, 0.6) is 0 Å². The van der Waals surface area contributed by atoms with Crippen molar-refractivity contribution >= 4 is 27.5 Å². The molecular weight excluding hydrogens is 260 g/mol. The maximum atomic E-state index is 3.75. The number of allylic oxidation sites excluding steroid dienone is 2. The van der Waals surface area contributed by atoms with Gasteiger partial charge in [0, 0.05) is 15.0 Å². The van der Waals surface area contributed by atoms with Gasteiger partial charge in [-0.15, -0.1) is 11.3 Å². The molecule has 0 unspecified atom stereocenters. The third-order valence-corrected chi connectivity index (χ3v) is 4.59. The van der Waals surface area contributed by atoms with Crippen LogP contribution in [0.15, 0.2) is 67.3 Å². The van der Waals surface area contributed by atoms with E-state index in [0.29, 0.717) is 0 Å². The fourth-order valence-corrected chi connectivity index (χ4v) is 3.65. The predicted molar refractivity (Wildman–Crippen MR) is 91.2 cm³/mol. The van der Waals surface area contributed by atoms with E-state index in [-0.39, 0.29) is 0 Å². The number of hydrogen-bond donors (Lipinski definition) is 0. The highest BCUT2D eigenvalue weighted by molar-refractivity contribution is 7.20. The van der Waals surface area contributed by atoms with Gasteiger partial charge in [0.05, 0.1) is 0 Å². The van der Waals surface area contributed by atoms with E-state index in [1.54, 1.807) is 0 Å². The summed E-state index contributed by atoms with van der Waals surface area (Å²) in [6.07, 6.45) is 5.98. The van der Waals surface area contributed by atoms with Crippen LogP contribution in [0, 0.1) is 6.92 Å².